The molecule has 1 aromatic rings. The zero-order valence-corrected chi connectivity index (χ0v) is 8.36. The van der Waals surface area contributed by atoms with E-state index in [1.165, 1.54) is 0 Å². The van der Waals surface area contributed by atoms with E-state index in [0.29, 0.717) is 19.1 Å². The van der Waals surface area contributed by atoms with Gasteiger partial charge in [0.1, 0.15) is 0 Å². The topological polar surface area (TPSA) is 63.3 Å². The van der Waals surface area contributed by atoms with Crippen LogP contribution in [-0.4, -0.2) is 11.1 Å². The zero-order chi connectivity index (χ0) is 9.68. The summed E-state index contributed by atoms with van der Waals surface area (Å²) >= 11 is 0. The van der Waals surface area contributed by atoms with Crippen LogP contribution in [0.15, 0.2) is 24.3 Å². The maximum atomic E-state index is 10.5. The molecule has 0 saturated heterocycles. The second-order valence-corrected chi connectivity index (χ2v) is 4.20. The van der Waals surface area contributed by atoms with Gasteiger partial charge >= 0.3 is 0 Å². The summed E-state index contributed by atoms with van der Waals surface area (Å²) in [5.41, 5.74) is 7.61. The SMILES string of the molecule is NCc1ccc(CC[PH](=O)O)cc1. The van der Waals surface area contributed by atoms with Gasteiger partial charge in [0.25, 0.3) is 0 Å². The van der Waals surface area contributed by atoms with Crippen LogP contribution in [0.4, 0.5) is 0 Å². The lowest BCUT2D eigenvalue weighted by Crippen LogP contribution is -1.96. The normalized spacial score (nSPS) is 12.8. The van der Waals surface area contributed by atoms with E-state index in [-0.39, 0.29) is 0 Å². The van der Waals surface area contributed by atoms with E-state index >= 15 is 0 Å². The van der Waals surface area contributed by atoms with Gasteiger partial charge in [-0.2, -0.15) is 0 Å². The second kappa shape index (κ2) is 5.18. The summed E-state index contributed by atoms with van der Waals surface area (Å²) in [4.78, 5) is 8.64. The maximum Gasteiger partial charge on any atom is 0.189 e. The molecule has 0 radical (unpaired) electrons. The van der Waals surface area contributed by atoms with Crippen molar-refractivity contribution in [2.45, 2.75) is 13.0 Å². The molecule has 0 aliphatic rings. The average Bonchev–Trinajstić information content (AvgIpc) is 2.15. The molecule has 0 bridgehead atoms. The van der Waals surface area contributed by atoms with Gasteiger partial charge < -0.3 is 10.6 Å². The molecule has 1 unspecified atom stereocenters. The molecule has 0 saturated carbocycles. The fraction of sp³-hybridized carbons (Fsp3) is 0.333. The molecule has 0 aromatic heterocycles. The molecule has 1 rings (SSSR count). The fourth-order valence-electron chi connectivity index (χ4n) is 1.09. The summed E-state index contributed by atoms with van der Waals surface area (Å²) in [6.45, 7) is 0.539. The summed E-state index contributed by atoms with van der Waals surface area (Å²) in [6.07, 6.45) is 1.03. The van der Waals surface area contributed by atoms with Gasteiger partial charge in [-0.25, -0.2) is 0 Å². The van der Waals surface area contributed by atoms with Crippen LogP contribution in [0.25, 0.3) is 0 Å². The first-order valence-corrected chi connectivity index (χ1v) is 5.78. The Morgan fingerprint density at radius 2 is 1.77 bits per heavy atom. The van der Waals surface area contributed by atoms with Crippen molar-refractivity contribution in [3.63, 3.8) is 0 Å². The number of benzene rings is 1. The highest BCUT2D eigenvalue weighted by atomic mass is 31.1. The molecule has 3 nitrogen and oxygen atoms in total. The van der Waals surface area contributed by atoms with E-state index in [9.17, 15) is 4.57 Å². The van der Waals surface area contributed by atoms with Crippen molar-refractivity contribution < 1.29 is 9.46 Å². The van der Waals surface area contributed by atoms with Gasteiger partial charge in [-0.05, 0) is 17.5 Å². The summed E-state index contributed by atoms with van der Waals surface area (Å²) < 4.78 is 10.5. The van der Waals surface area contributed by atoms with Crippen LogP contribution >= 0.6 is 8.03 Å². The van der Waals surface area contributed by atoms with Gasteiger partial charge in [0.05, 0.1) is 0 Å². The van der Waals surface area contributed by atoms with Crippen LogP contribution in [0.1, 0.15) is 11.1 Å². The first-order chi connectivity index (χ1) is 6.22. The van der Waals surface area contributed by atoms with Crippen LogP contribution < -0.4 is 5.73 Å². The summed E-state index contributed by atoms with van der Waals surface area (Å²) in [6, 6.07) is 7.80. The van der Waals surface area contributed by atoms with Crippen molar-refractivity contribution in [2.24, 2.45) is 5.73 Å². The highest BCUT2D eigenvalue weighted by molar-refractivity contribution is 7.37. The molecule has 0 heterocycles. The largest absolute Gasteiger partial charge is 0.346 e. The second-order valence-electron chi connectivity index (χ2n) is 2.91. The molecule has 0 spiro atoms. The molecule has 0 aliphatic heterocycles. The Balaban J connectivity index is 2.54. The smallest absolute Gasteiger partial charge is 0.189 e. The third-order valence-corrected chi connectivity index (χ3v) is 2.56. The van der Waals surface area contributed by atoms with E-state index in [1.54, 1.807) is 0 Å². The molecule has 1 atom stereocenters. The monoisotopic (exact) mass is 199 g/mol. The quantitative estimate of drug-likeness (QED) is 0.715. The van der Waals surface area contributed by atoms with E-state index in [2.05, 4.69) is 0 Å². The molecular weight excluding hydrogens is 185 g/mol. The third-order valence-electron chi connectivity index (χ3n) is 1.89. The van der Waals surface area contributed by atoms with Crippen molar-refractivity contribution in [2.75, 3.05) is 6.16 Å². The predicted molar refractivity (Wildman–Crippen MR) is 54.1 cm³/mol. The highest BCUT2D eigenvalue weighted by Crippen LogP contribution is 2.15. The van der Waals surface area contributed by atoms with Gasteiger partial charge in [0.15, 0.2) is 8.03 Å². The molecule has 13 heavy (non-hydrogen) atoms. The lowest BCUT2D eigenvalue weighted by atomic mass is 10.1. The van der Waals surface area contributed by atoms with Crippen molar-refractivity contribution in [3.05, 3.63) is 35.4 Å². The van der Waals surface area contributed by atoms with Gasteiger partial charge in [0.2, 0.25) is 0 Å². The van der Waals surface area contributed by atoms with Crippen LogP contribution in [-0.2, 0) is 17.5 Å². The molecule has 0 aliphatic carbocycles. The number of aryl methyl sites for hydroxylation is 1. The minimum Gasteiger partial charge on any atom is -0.346 e. The van der Waals surface area contributed by atoms with Gasteiger partial charge in [-0.15, -0.1) is 0 Å². The van der Waals surface area contributed by atoms with Gasteiger partial charge in [-0.3, -0.25) is 4.57 Å². The average molecular weight is 199 g/mol. The predicted octanol–water partition coefficient (Wildman–Crippen LogP) is 1.15. The Bertz CT molecular complexity index is 284. The molecule has 1 aromatic carbocycles. The Morgan fingerprint density at radius 3 is 2.23 bits per heavy atom. The first-order valence-electron chi connectivity index (χ1n) is 4.22. The Hall–Kier alpha value is -0.630. The summed E-state index contributed by atoms with van der Waals surface area (Å²) in [5, 5.41) is 0. The molecule has 4 heteroatoms. The van der Waals surface area contributed by atoms with Crippen molar-refractivity contribution in [1.29, 1.82) is 0 Å². The Kier molecular flexibility index (Phi) is 4.16. The molecule has 0 fully saturated rings. The lowest BCUT2D eigenvalue weighted by molar-refractivity contribution is 0.502. The minimum absolute atomic E-state index is 0.368. The number of hydrogen-bond donors (Lipinski definition) is 2. The first kappa shape index (κ1) is 10.5. The zero-order valence-electron chi connectivity index (χ0n) is 7.36. The van der Waals surface area contributed by atoms with Crippen LogP contribution in [0, 0.1) is 0 Å². The van der Waals surface area contributed by atoms with E-state index in [4.69, 9.17) is 10.6 Å². The van der Waals surface area contributed by atoms with E-state index < -0.39 is 8.03 Å². The number of rotatable bonds is 4. The van der Waals surface area contributed by atoms with Crippen molar-refractivity contribution in [3.8, 4) is 0 Å². The molecule has 3 N–H and O–H groups in total. The molecular formula is C9H14NO2P. The van der Waals surface area contributed by atoms with Crippen molar-refractivity contribution in [1.82, 2.24) is 0 Å². The molecule has 0 amide bonds. The Labute approximate surface area is 78.5 Å². The van der Waals surface area contributed by atoms with Crippen LogP contribution in [0.2, 0.25) is 0 Å². The van der Waals surface area contributed by atoms with E-state index in [0.717, 1.165) is 11.1 Å². The fourth-order valence-corrected chi connectivity index (χ4v) is 1.60. The van der Waals surface area contributed by atoms with Gasteiger partial charge in [-0.1, -0.05) is 24.3 Å². The van der Waals surface area contributed by atoms with Crippen LogP contribution in [0.3, 0.4) is 0 Å². The third kappa shape index (κ3) is 3.73. The number of hydrogen-bond acceptors (Lipinski definition) is 2. The Morgan fingerprint density at radius 1 is 1.23 bits per heavy atom. The maximum absolute atomic E-state index is 10.5. The minimum atomic E-state index is -2.32. The van der Waals surface area contributed by atoms with Crippen molar-refractivity contribution >= 4 is 8.03 Å². The molecule has 72 valence electrons. The number of nitrogens with two attached hydrogens (primary N) is 1. The lowest BCUT2D eigenvalue weighted by Gasteiger charge is -2.00. The van der Waals surface area contributed by atoms with Crippen LogP contribution in [0.5, 0.6) is 0 Å². The standard InChI is InChI=1S/C9H14NO2P/c10-7-9-3-1-8(2-4-9)5-6-13(11)12/h1-4,13H,5-7,10H2,(H,11,12). The van der Waals surface area contributed by atoms with E-state index in [1.807, 2.05) is 24.3 Å². The highest BCUT2D eigenvalue weighted by Gasteiger charge is 1.96. The summed E-state index contributed by atoms with van der Waals surface area (Å²) in [7, 11) is -2.32. The van der Waals surface area contributed by atoms with Gasteiger partial charge in [0, 0.05) is 12.7 Å². The summed E-state index contributed by atoms with van der Waals surface area (Å²) in [5.74, 6) is 0.